The third-order valence-corrected chi connectivity index (χ3v) is 3.39. The average molecular weight is 290 g/mol. The number of nitrogens with one attached hydrogen (secondary N) is 1. The Kier molecular flexibility index (Phi) is 3.81. The molecule has 0 atom stereocenters. The molecule has 1 aromatic heterocycles. The van der Waals surface area contributed by atoms with Crippen molar-refractivity contribution in [2.45, 2.75) is 0 Å². The summed E-state index contributed by atoms with van der Waals surface area (Å²) in [6.07, 6.45) is 0. The summed E-state index contributed by atoms with van der Waals surface area (Å²) in [6, 6.07) is 7.31. The minimum atomic E-state index is -1.20. The number of benzene rings is 1. The van der Waals surface area contributed by atoms with Gasteiger partial charge in [0.1, 0.15) is 5.00 Å². The first-order valence-electron chi connectivity index (χ1n) is 5.51. The van der Waals surface area contributed by atoms with Gasteiger partial charge in [0, 0.05) is 0 Å². The summed E-state index contributed by atoms with van der Waals surface area (Å²) >= 11 is 1.13. The summed E-state index contributed by atoms with van der Waals surface area (Å²) in [5.74, 6) is -2.46. The second kappa shape index (κ2) is 5.54. The zero-order chi connectivity index (χ0) is 14.7. The molecular formula is C13H10N2O4S. The highest BCUT2D eigenvalue weighted by atomic mass is 32.1. The molecule has 0 spiro atoms. The minimum Gasteiger partial charge on any atom is -0.478 e. The summed E-state index contributed by atoms with van der Waals surface area (Å²) < 4.78 is 0. The molecule has 6 nitrogen and oxygen atoms in total. The number of aromatic carboxylic acids is 1. The van der Waals surface area contributed by atoms with Gasteiger partial charge in [0.05, 0.1) is 16.7 Å². The molecule has 0 radical (unpaired) electrons. The topological polar surface area (TPSA) is 109 Å². The molecule has 0 unspecified atom stereocenters. The van der Waals surface area contributed by atoms with Crippen molar-refractivity contribution in [3.63, 3.8) is 0 Å². The van der Waals surface area contributed by atoms with Gasteiger partial charge in [-0.15, -0.1) is 11.3 Å². The number of carboxylic acids is 1. The Morgan fingerprint density at radius 2 is 1.70 bits per heavy atom. The van der Waals surface area contributed by atoms with E-state index in [1.807, 2.05) is 0 Å². The highest BCUT2D eigenvalue weighted by Crippen LogP contribution is 2.23. The molecule has 20 heavy (non-hydrogen) atoms. The first kappa shape index (κ1) is 13.8. The van der Waals surface area contributed by atoms with Gasteiger partial charge in [-0.25, -0.2) is 4.79 Å². The number of carboxylic acid groups (broad SMARTS) is 1. The fourth-order valence-corrected chi connectivity index (χ4v) is 2.43. The maximum absolute atomic E-state index is 12.1. The molecule has 2 aromatic rings. The number of rotatable bonds is 4. The molecule has 2 rings (SSSR count). The van der Waals surface area contributed by atoms with Crippen molar-refractivity contribution in [2.24, 2.45) is 5.73 Å². The number of hydrogen-bond acceptors (Lipinski definition) is 4. The van der Waals surface area contributed by atoms with Crippen molar-refractivity contribution in [1.82, 2.24) is 0 Å². The lowest BCUT2D eigenvalue weighted by Crippen LogP contribution is -2.18. The van der Waals surface area contributed by atoms with Gasteiger partial charge < -0.3 is 16.2 Å². The molecule has 0 aliphatic heterocycles. The van der Waals surface area contributed by atoms with E-state index in [2.05, 4.69) is 5.32 Å². The molecule has 1 aromatic carbocycles. The van der Waals surface area contributed by atoms with Crippen molar-refractivity contribution >= 4 is 34.1 Å². The van der Waals surface area contributed by atoms with Crippen LogP contribution in [0.2, 0.25) is 0 Å². The molecule has 1 heterocycles. The van der Waals surface area contributed by atoms with Crippen LogP contribution >= 0.6 is 11.3 Å². The molecule has 0 bridgehead atoms. The van der Waals surface area contributed by atoms with Crippen molar-refractivity contribution in [3.05, 3.63) is 52.4 Å². The lowest BCUT2D eigenvalue weighted by atomic mass is 10.1. The van der Waals surface area contributed by atoms with E-state index in [0.29, 0.717) is 5.00 Å². The molecule has 0 aliphatic carbocycles. The lowest BCUT2D eigenvalue weighted by molar-refractivity contribution is 0.0692. The fourth-order valence-electron chi connectivity index (χ4n) is 1.64. The Morgan fingerprint density at radius 3 is 2.30 bits per heavy atom. The van der Waals surface area contributed by atoms with E-state index < -0.39 is 17.8 Å². The first-order chi connectivity index (χ1) is 9.50. The van der Waals surface area contributed by atoms with Crippen LogP contribution in [-0.2, 0) is 0 Å². The predicted molar refractivity (Wildman–Crippen MR) is 74.2 cm³/mol. The Balaban J connectivity index is 2.31. The molecule has 0 aliphatic rings. The molecule has 4 N–H and O–H groups in total. The van der Waals surface area contributed by atoms with Crippen LogP contribution in [0.25, 0.3) is 0 Å². The third kappa shape index (κ3) is 2.67. The summed E-state index contributed by atoms with van der Waals surface area (Å²) in [4.78, 5) is 34.3. The Hall–Kier alpha value is -2.67. The van der Waals surface area contributed by atoms with E-state index in [0.717, 1.165) is 11.3 Å². The van der Waals surface area contributed by atoms with Gasteiger partial charge in [-0.2, -0.15) is 0 Å². The van der Waals surface area contributed by atoms with E-state index in [1.54, 1.807) is 11.4 Å². The third-order valence-electron chi connectivity index (χ3n) is 2.56. The summed E-state index contributed by atoms with van der Waals surface area (Å²) in [7, 11) is 0. The van der Waals surface area contributed by atoms with Gasteiger partial charge in [-0.1, -0.05) is 12.1 Å². The molecule has 0 fully saturated rings. The van der Waals surface area contributed by atoms with Crippen LogP contribution in [0.15, 0.2) is 35.7 Å². The Morgan fingerprint density at radius 1 is 1.05 bits per heavy atom. The summed E-state index contributed by atoms with van der Waals surface area (Å²) in [6.45, 7) is 0. The van der Waals surface area contributed by atoms with Gasteiger partial charge in [-0.3, -0.25) is 9.59 Å². The van der Waals surface area contributed by atoms with Crippen molar-refractivity contribution < 1.29 is 19.5 Å². The fraction of sp³-hybridized carbons (Fsp3) is 0. The smallest absolute Gasteiger partial charge is 0.336 e. The second-order valence-electron chi connectivity index (χ2n) is 3.83. The molecule has 7 heteroatoms. The summed E-state index contributed by atoms with van der Waals surface area (Å²) in [5, 5.41) is 13.4. The van der Waals surface area contributed by atoms with Crippen LogP contribution < -0.4 is 11.1 Å². The number of anilines is 1. The molecule has 2 amide bonds. The van der Waals surface area contributed by atoms with Crippen LogP contribution in [0.5, 0.6) is 0 Å². The van der Waals surface area contributed by atoms with Gasteiger partial charge in [-0.05, 0) is 23.6 Å². The first-order valence-corrected chi connectivity index (χ1v) is 6.39. The van der Waals surface area contributed by atoms with Gasteiger partial charge >= 0.3 is 5.97 Å². The van der Waals surface area contributed by atoms with Crippen LogP contribution in [0.1, 0.15) is 31.1 Å². The van der Waals surface area contributed by atoms with Gasteiger partial charge in [0.2, 0.25) is 0 Å². The Bertz CT molecular complexity index is 693. The SMILES string of the molecule is NC(=O)c1ccsc1NC(=O)c1ccccc1C(=O)O. The van der Waals surface area contributed by atoms with Crippen LogP contribution in [0, 0.1) is 0 Å². The normalized spacial score (nSPS) is 10.0. The van der Waals surface area contributed by atoms with E-state index >= 15 is 0 Å². The highest BCUT2D eigenvalue weighted by Gasteiger charge is 2.18. The van der Waals surface area contributed by atoms with E-state index in [4.69, 9.17) is 10.8 Å². The molecule has 0 saturated carbocycles. The number of carbonyl (C=O) groups is 3. The average Bonchev–Trinajstić information content (AvgIpc) is 2.87. The standard InChI is InChI=1S/C13H10N2O4S/c14-10(16)9-5-6-20-12(9)15-11(17)7-3-1-2-4-8(7)13(18)19/h1-6H,(H2,14,16)(H,15,17)(H,18,19). The van der Waals surface area contributed by atoms with Crippen LogP contribution in [0.4, 0.5) is 5.00 Å². The van der Waals surface area contributed by atoms with Gasteiger partial charge in [0.25, 0.3) is 11.8 Å². The van der Waals surface area contributed by atoms with Crippen molar-refractivity contribution in [3.8, 4) is 0 Å². The summed E-state index contributed by atoms with van der Waals surface area (Å²) in [5.41, 5.74) is 5.27. The number of primary amides is 1. The lowest BCUT2D eigenvalue weighted by Gasteiger charge is -2.07. The molecule has 0 saturated heterocycles. The number of nitrogens with two attached hydrogens (primary N) is 1. The molecule has 102 valence electrons. The predicted octanol–water partition coefficient (Wildman–Crippen LogP) is 1.80. The zero-order valence-corrected chi connectivity index (χ0v) is 10.9. The van der Waals surface area contributed by atoms with Crippen LogP contribution in [0.3, 0.4) is 0 Å². The Labute approximate surface area is 117 Å². The van der Waals surface area contributed by atoms with E-state index in [9.17, 15) is 14.4 Å². The largest absolute Gasteiger partial charge is 0.478 e. The van der Waals surface area contributed by atoms with E-state index in [1.165, 1.54) is 24.3 Å². The van der Waals surface area contributed by atoms with Crippen molar-refractivity contribution in [2.75, 3.05) is 5.32 Å². The number of hydrogen-bond donors (Lipinski definition) is 3. The van der Waals surface area contributed by atoms with Crippen LogP contribution in [-0.4, -0.2) is 22.9 Å². The number of thiophene rings is 1. The maximum Gasteiger partial charge on any atom is 0.336 e. The van der Waals surface area contributed by atoms with Crippen molar-refractivity contribution in [1.29, 1.82) is 0 Å². The van der Waals surface area contributed by atoms with Gasteiger partial charge in [0.15, 0.2) is 0 Å². The maximum atomic E-state index is 12.1. The zero-order valence-electron chi connectivity index (χ0n) is 10.1. The quantitative estimate of drug-likeness (QED) is 0.797. The molecular weight excluding hydrogens is 280 g/mol. The second-order valence-corrected chi connectivity index (χ2v) is 4.75. The number of carbonyl (C=O) groups excluding carboxylic acids is 2. The number of amides is 2. The van der Waals surface area contributed by atoms with E-state index in [-0.39, 0.29) is 16.7 Å². The minimum absolute atomic E-state index is 0.0174. The highest BCUT2D eigenvalue weighted by molar-refractivity contribution is 7.14. The monoisotopic (exact) mass is 290 g/mol.